The van der Waals surface area contributed by atoms with Crippen molar-refractivity contribution in [1.29, 1.82) is 0 Å². The molecule has 2 atom stereocenters. The van der Waals surface area contributed by atoms with Gasteiger partial charge in [0.05, 0.1) is 6.04 Å². The van der Waals surface area contributed by atoms with Crippen molar-refractivity contribution in [3.63, 3.8) is 0 Å². The quantitative estimate of drug-likeness (QED) is 0.702. The lowest BCUT2D eigenvalue weighted by Gasteiger charge is -2.17. The number of hydrogen-bond acceptors (Lipinski definition) is 4. The minimum absolute atomic E-state index is 0.105. The third-order valence-electron chi connectivity index (χ3n) is 3.04. The Balaban J connectivity index is 2.56. The van der Waals surface area contributed by atoms with Gasteiger partial charge < -0.3 is 20.9 Å². The summed E-state index contributed by atoms with van der Waals surface area (Å²) in [5.41, 5.74) is 6.42. The van der Waals surface area contributed by atoms with Crippen LogP contribution in [0.5, 0.6) is 5.75 Å². The lowest BCUT2D eigenvalue weighted by atomic mass is 9.99. The number of carbonyl (C=O) groups is 2. The molecule has 1 rings (SSSR count). The van der Waals surface area contributed by atoms with Crippen molar-refractivity contribution in [3.8, 4) is 5.75 Å². The average Bonchev–Trinajstić information content (AvgIpc) is 2.44. The van der Waals surface area contributed by atoms with E-state index in [9.17, 15) is 9.59 Å². The number of anilines is 1. The van der Waals surface area contributed by atoms with Crippen LogP contribution in [0, 0.1) is 5.92 Å². The summed E-state index contributed by atoms with van der Waals surface area (Å²) in [6.07, 6.45) is 0.830. The molecular weight excluding hydrogens is 260 g/mol. The number of carbonyl (C=O) groups excluding carboxylic acids is 1. The van der Waals surface area contributed by atoms with Gasteiger partial charge in [-0.25, -0.2) is 4.79 Å². The molecule has 1 aromatic rings. The van der Waals surface area contributed by atoms with E-state index < -0.39 is 18.6 Å². The van der Waals surface area contributed by atoms with Crippen LogP contribution in [0.3, 0.4) is 0 Å². The SMILES string of the molecule is CCC(C)[C@H](N)C(=O)Nc1ccc(OCC(=O)O)cc1. The van der Waals surface area contributed by atoms with E-state index in [-0.39, 0.29) is 11.8 Å². The minimum Gasteiger partial charge on any atom is -0.482 e. The Morgan fingerprint density at radius 1 is 1.35 bits per heavy atom. The van der Waals surface area contributed by atoms with Crippen LogP contribution in [0.1, 0.15) is 20.3 Å². The second-order valence-electron chi connectivity index (χ2n) is 4.61. The molecule has 1 amide bonds. The number of rotatable bonds is 7. The Morgan fingerprint density at radius 3 is 2.45 bits per heavy atom. The predicted octanol–water partition coefficient (Wildman–Crippen LogP) is 1.46. The highest BCUT2D eigenvalue weighted by atomic mass is 16.5. The Bertz CT molecular complexity index is 459. The zero-order valence-electron chi connectivity index (χ0n) is 11.6. The maximum atomic E-state index is 11.9. The fraction of sp³-hybridized carbons (Fsp3) is 0.429. The van der Waals surface area contributed by atoms with Crippen LogP contribution in [0.25, 0.3) is 0 Å². The number of carboxylic acids is 1. The van der Waals surface area contributed by atoms with Gasteiger partial charge >= 0.3 is 5.97 Å². The fourth-order valence-electron chi connectivity index (χ4n) is 1.52. The van der Waals surface area contributed by atoms with E-state index in [1.807, 2.05) is 13.8 Å². The van der Waals surface area contributed by atoms with Crippen molar-refractivity contribution in [3.05, 3.63) is 24.3 Å². The normalized spacial score (nSPS) is 13.3. The smallest absolute Gasteiger partial charge is 0.341 e. The highest BCUT2D eigenvalue weighted by Gasteiger charge is 2.19. The summed E-state index contributed by atoms with van der Waals surface area (Å²) >= 11 is 0. The molecular formula is C14H20N2O4. The number of amides is 1. The van der Waals surface area contributed by atoms with Crippen molar-refractivity contribution in [2.24, 2.45) is 11.7 Å². The molecule has 1 unspecified atom stereocenters. The lowest BCUT2D eigenvalue weighted by Crippen LogP contribution is -2.40. The van der Waals surface area contributed by atoms with Crippen LogP contribution < -0.4 is 15.8 Å². The fourth-order valence-corrected chi connectivity index (χ4v) is 1.52. The second kappa shape index (κ2) is 7.49. The van der Waals surface area contributed by atoms with Gasteiger partial charge in [0.1, 0.15) is 5.75 Å². The highest BCUT2D eigenvalue weighted by molar-refractivity contribution is 5.94. The largest absolute Gasteiger partial charge is 0.482 e. The van der Waals surface area contributed by atoms with E-state index in [4.69, 9.17) is 15.6 Å². The van der Waals surface area contributed by atoms with Gasteiger partial charge in [-0.2, -0.15) is 0 Å². The van der Waals surface area contributed by atoms with Crippen LogP contribution in [0.2, 0.25) is 0 Å². The maximum absolute atomic E-state index is 11.9. The van der Waals surface area contributed by atoms with Gasteiger partial charge in [0.2, 0.25) is 5.91 Å². The van der Waals surface area contributed by atoms with E-state index >= 15 is 0 Å². The zero-order chi connectivity index (χ0) is 15.1. The molecule has 0 saturated heterocycles. The van der Waals surface area contributed by atoms with Crippen LogP contribution in [0.15, 0.2) is 24.3 Å². The number of benzene rings is 1. The molecule has 0 heterocycles. The standard InChI is InChI=1S/C14H20N2O4/c1-3-9(2)13(15)14(19)16-10-4-6-11(7-5-10)20-8-12(17)18/h4-7,9,13H,3,8,15H2,1-2H3,(H,16,19)(H,17,18)/t9?,13-/m0/s1. The lowest BCUT2D eigenvalue weighted by molar-refractivity contribution is -0.139. The number of nitrogens with two attached hydrogens (primary N) is 1. The van der Waals surface area contributed by atoms with Crippen molar-refractivity contribution in [2.75, 3.05) is 11.9 Å². The molecule has 0 aromatic heterocycles. The molecule has 6 heteroatoms. The molecule has 0 radical (unpaired) electrons. The summed E-state index contributed by atoms with van der Waals surface area (Å²) in [7, 11) is 0. The molecule has 0 aliphatic heterocycles. The second-order valence-corrected chi connectivity index (χ2v) is 4.61. The van der Waals surface area contributed by atoms with Gasteiger partial charge in [0.25, 0.3) is 0 Å². The molecule has 4 N–H and O–H groups in total. The number of carboxylic acid groups (broad SMARTS) is 1. The monoisotopic (exact) mass is 280 g/mol. The summed E-state index contributed by atoms with van der Waals surface area (Å²) in [4.78, 5) is 22.2. The molecule has 0 aliphatic rings. The average molecular weight is 280 g/mol. The predicted molar refractivity (Wildman–Crippen MR) is 75.6 cm³/mol. The van der Waals surface area contributed by atoms with E-state index in [1.165, 1.54) is 0 Å². The van der Waals surface area contributed by atoms with Gasteiger partial charge in [0.15, 0.2) is 6.61 Å². The number of ether oxygens (including phenoxy) is 1. The topological polar surface area (TPSA) is 102 Å². The van der Waals surface area contributed by atoms with Crippen LogP contribution in [-0.4, -0.2) is 29.6 Å². The Hall–Kier alpha value is -2.08. The van der Waals surface area contributed by atoms with E-state index in [2.05, 4.69) is 5.32 Å². The van der Waals surface area contributed by atoms with Gasteiger partial charge in [0, 0.05) is 5.69 Å². The summed E-state index contributed by atoms with van der Waals surface area (Å²) in [6, 6.07) is 5.90. The first kappa shape index (κ1) is 16.0. The summed E-state index contributed by atoms with van der Waals surface area (Å²) in [5.74, 6) is -0.745. The third kappa shape index (κ3) is 4.89. The minimum atomic E-state index is -1.04. The first-order chi connectivity index (χ1) is 9.43. The van der Waals surface area contributed by atoms with Crippen molar-refractivity contribution < 1.29 is 19.4 Å². The first-order valence-electron chi connectivity index (χ1n) is 6.45. The van der Waals surface area contributed by atoms with Gasteiger partial charge in [-0.15, -0.1) is 0 Å². The van der Waals surface area contributed by atoms with Crippen LogP contribution in [-0.2, 0) is 9.59 Å². The van der Waals surface area contributed by atoms with Crippen LogP contribution in [0.4, 0.5) is 5.69 Å². The van der Waals surface area contributed by atoms with Crippen molar-refractivity contribution >= 4 is 17.6 Å². The molecule has 0 saturated carbocycles. The van der Waals surface area contributed by atoms with Crippen LogP contribution >= 0.6 is 0 Å². The zero-order valence-corrected chi connectivity index (χ0v) is 11.6. The van der Waals surface area contributed by atoms with Crippen molar-refractivity contribution in [2.45, 2.75) is 26.3 Å². The van der Waals surface area contributed by atoms with Gasteiger partial charge in [-0.3, -0.25) is 4.79 Å². The molecule has 110 valence electrons. The Labute approximate surface area is 117 Å². The van der Waals surface area contributed by atoms with Crippen molar-refractivity contribution in [1.82, 2.24) is 0 Å². The molecule has 0 aliphatic carbocycles. The summed E-state index contributed by atoms with van der Waals surface area (Å²) in [6.45, 7) is 3.50. The molecule has 1 aromatic carbocycles. The Morgan fingerprint density at radius 2 is 1.95 bits per heavy atom. The third-order valence-corrected chi connectivity index (χ3v) is 3.04. The van der Waals surface area contributed by atoms with E-state index in [0.29, 0.717) is 11.4 Å². The Kier molecular flexibility index (Phi) is 5.99. The number of aliphatic carboxylic acids is 1. The maximum Gasteiger partial charge on any atom is 0.341 e. The summed E-state index contributed by atoms with van der Waals surface area (Å²) < 4.78 is 4.99. The van der Waals surface area contributed by atoms with Gasteiger partial charge in [-0.1, -0.05) is 20.3 Å². The summed E-state index contributed by atoms with van der Waals surface area (Å²) in [5, 5.41) is 11.2. The molecule has 0 fully saturated rings. The molecule has 20 heavy (non-hydrogen) atoms. The van der Waals surface area contributed by atoms with E-state index in [1.54, 1.807) is 24.3 Å². The number of nitrogens with one attached hydrogen (secondary N) is 1. The van der Waals surface area contributed by atoms with Gasteiger partial charge in [-0.05, 0) is 30.2 Å². The number of hydrogen-bond donors (Lipinski definition) is 3. The highest BCUT2D eigenvalue weighted by Crippen LogP contribution is 2.16. The first-order valence-corrected chi connectivity index (χ1v) is 6.45. The molecule has 0 bridgehead atoms. The molecule has 0 spiro atoms. The molecule has 6 nitrogen and oxygen atoms in total. The van der Waals surface area contributed by atoms with E-state index in [0.717, 1.165) is 6.42 Å².